The van der Waals surface area contributed by atoms with Crippen molar-refractivity contribution in [3.05, 3.63) is 24.3 Å². The molecule has 2 saturated carbocycles. The van der Waals surface area contributed by atoms with Crippen LogP contribution in [-0.2, 0) is 9.53 Å². The van der Waals surface area contributed by atoms with Gasteiger partial charge in [0, 0.05) is 0 Å². The molecule has 2 fully saturated rings. The first-order valence-corrected chi connectivity index (χ1v) is 8.33. The summed E-state index contributed by atoms with van der Waals surface area (Å²) in [7, 11) is 0. The third-order valence-electron chi connectivity index (χ3n) is 6.03. The molecule has 0 radical (unpaired) electrons. The van der Waals surface area contributed by atoms with Gasteiger partial charge in [0.05, 0.1) is 12.5 Å². The van der Waals surface area contributed by atoms with Crippen molar-refractivity contribution in [3.63, 3.8) is 0 Å². The van der Waals surface area contributed by atoms with Crippen LogP contribution in [0.5, 0.6) is 0 Å². The highest BCUT2D eigenvalue weighted by atomic mass is 16.5. The Labute approximate surface area is 121 Å². The van der Waals surface area contributed by atoms with Crippen LogP contribution >= 0.6 is 0 Å². The van der Waals surface area contributed by atoms with Crippen LogP contribution in [-0.4, -0.2) is 12.6 Å². The largest absolute Gasteiger partial charge is 0.465 e. The Hall–Kier alpha value is -1.05. The minimum atomic E-state index is 0.0782. The van der Waals surface area contributed by atoms with Gasteiger partial charge >= 0.3 is 5.97 Å². The topological polar surface area (TPSA) is 26.3 Å². The van der Waals surface area contributed by atoms with Crippen LogP contribution in [0.2, 0.25) is 0 Å². The fourth-order valence-corrected chi connectivity index (χ4v) is 4.74. The van der Waals surface area contributed by atoms with E-state index in [1.165, 1.54) is 32.1 Å². The summed E-state index contributed by atoms with van der Waals surface area (Å²) in [6, 6.07) is 0. The number of hydrogen-bond acceptors (Lipinski definition) is 2. The van der Waals surface area contributed by atoms with E-state index < -0.39 is 0 Å². The molecule has 0 aromatic rings. The van der Waals surface area contributed by atoms with E-state index in [2.05, 4.69) is 24.3 Å². The van der Waals surface area contributed by atoms with Gasteiger partial charge in [-0.15, -0.1) is 0 Å². The third kappa shape index (κ3) is 2.23. The second-order valence-corrected chi connectivity index (χ2v) is 7.24. The van der Waals surface area contributed by atoms with Gasteiger partial charge in [0.25, 0.3) is 0 Å². The molecule has 6 unspecified atom stereocenters. The van der Waals surface area contributed by atoms with Crippen LogP contribution in [0.4, 0.5) is 0 Å². The number of rotatable bonds is 3. The van der Waals surface area contributed by atoms with Crippen molar-refractivity contribution in [2.24, 2.45) is 35.5 Å². The molecule has 0 saturated heterocycles. The van der Waals surface area contributed by atoms with Gasteiger partial charge in [-0.25, -0.2) is 0 Å². The Bertz CT molecular complexity index is 450. The van der Waals surface area contributed by atoms with Crippen LogP contribution in [0.1, 0.15) is 38.5 Å². The number of hydrogen-bond donors (Lipinski definition) is 0. The molecular formula is C18H24O2. The van der Waals surface area contributed by atoms with Crippen molar-refractivity contribution in [1.29, 1.82) is 0 Å². The van der Waals surface area contributed by atoms with E-state index in [0.717, 1.165) is 12.3 Å². The lowest BCUT2D eigenvalue weighted by Crippen LogP contribution is -2.36. The van der Waals surface area contributed by atoms with Crippen LogP contribution in [0.3, 0.4) is 0 Å². The zero-order valence-corrected chi connectivity index (χ0v) is 12.0. The first-order valence-electron chi connectivity index (χ1n) is 8.33. The van der Waals surface area contributed by atoms with E-state index in [1.54, 1.807) is 0 Å². The maximum atomic E-state index is 12.4. The monoisotopic (exact) mass is 272 g/mol. The van der Waals surface area contributed by atoms with Gasteiger partial charge in [-0.05, 0) is 68.1 Å². The smallest absolute Gasteiger partial charge is 0.309 e. The molecular weight excluding hydrogens is 248 g/mol. The molecule has 2 nitrogen and oxygen atoms in total. The first kappa shape index (κ1) is 12.7. The molecule has 0 amide bonds. The summed E-state index contributed by atoms with van der Waals surface area (Å²) in [4.78, 5) is 12.4. The number of fused-ring (bicyclic) bond motifs is 4. The van der Waals surface area contributed by atoms with Crippen LogP contribution in [0, 0.1) is 35.5 Å². The molecule has 6 atom stereocenters. The molecule has 6 rings (SSSR count). The number of esters is 1. The van der Waals surface area contributed by atoms with Gasteiger partial charge in [0.2, 0.25) is 0 Å². The van der Waals surface area contributed by atoms with E-state index in [4.69, 9.17) is 4.74 Å². The zero-order valence-electron chi connectivity index (χ0n) is 12.0. The number of carbonyl (C=O) groups is 1. The van der Waals surface area contributed by atoms with Gasteiger partial charge in [-0.2, -0.15) is 0 Å². The standard InChI is InChI=1S/C18H24O2/c19-18(17-10-13-3-7-15(17)8-4-13)20-11-16-9-12-1-5-14(16)6-2-12/h1,3,5,7,12-17H,2,4,6,8-11H2. The molecule has 2 heteroatoms. The summed E-state index contributed by atoms with van der Waals surface area (Å²) in [5.74, 6) is 3.30. The lowest BCUT2D eigenvalue weighted by Gasteiger charge is -2.39. The molecule has 4 bridgehead atoms. The normalized spacial score (nSPS) is 44.8. The zero-order chi connectivity index (χ0) is 13.5. The Balaban J connectivity index is 1.33. The van der Waals surface area contributed by atoms with Gasteiger partial charge < -0.3 is 4.74 Å². The van der Waals surface area contributed by atoms with Crippen molar-refractivity contribution in [3.8, 4) is 0 Å². The molecule has 108 valence electrons. The van der Waals surface area contributed by atoms with Crippen LogP contribution in [0.15, 0.2) is 24.3 Å². The predicted octanol–water partition coefficient (Wildman–Crippen LogP) is 3.73. The van der Waals surface area contributed by atoms with Crippen molar-refractivity contribution < 1.29 is 9.53 Å². The minimum Gasteiger partial charge on any atom is -0.465 e. The van der Waals surface area contributed by atoms with Crippen molar-refractivity contribution in [2.75, 3.05) is 6.61 Å². The molecule has 6 aliphatic rings. The predicted molar refractivity (Wildman–Crippen MR) is 77.9 cm³/mol. The van der Waals surface area contributed by atoms with Gasteiger partial charge in [0.1, 0.15) is 0 Å². The minimum absolute atomic E-state index is 0.0782. The summed E-state index contributed by atoms with van der Waals surface area (Å²) in [6.07, 6.45) is 16.6. The molecule has 20 heavy (non-hydrogen) atoms. The van der Waals surface area contributed by atoms with Gasteiger partial charge in [-0.3, -0.25) is 4.79 Å². The van der Waals surface area contributed by atoms with E-state index in [1.807, 2.05) is 0 Å². The number of ether oxygens (including phenoxy) is 1. The second kappa shape index (κ2) is 5.05. The lowest BCUT2D eigenvalue weighted by molar-refractivity contribution is -0.154. The molecule has 0 N–H and O–H groups in total. The van der Waals surface area contributed by atoms with Gasteiger partial charge in [-0.1, -0.05) is 24.3 Å². The molecule has 0 aromatic heterocycles. The molecule has 0 aliphatic heterocycles. The Morgan fingerprint density at radius 1 is 0.900 bits per heavy atom. The second-order valence-electron chi connectivity index (χ2n) is 7.24. The molecule has 6 aliphatic carbocycles. The van der Waals surface area contributed by atoms with Gasteiger partial charge in [0.15, 0.2) is 0 Å². The van der Waals surface area contributed by atoms with Crippen LogP contribution < -0.4 is 0 Å². The summed E-state index contributed by atoms with van der Waals surface area (Å²) in [5.41, 5.74) is 0. The molecule has 0 spiro atoms. The third-order valence-corrected chi connectivity index (χ3v) is 6.03. The van der Waals surface area contributed by atoms with Crippen molar-refractivity contribution >= 4 is 5.97 Å². The summed E-state index contributed by atoms with van der Waals surface area (Å²) < 4.78 is 5.72. The summed E-state index contributed by atoms with van der Waals surface area (Å²) in [5, 5.41) is 0. The van der Waals surface area contributed by atoms with Crippen molar-refractivity contribution in [1.82, 2.24) is 0 Å². The summed E-state index contributed by atoms with van der Waals surface area (Å²) in [6.45, 7) is 0.655. The fourth-order valence-electron chi connectivity index (χ4n) is 4.74. The molecule has 0 aromatic carbocycles. The SMILES string of the molecule is O=C(OCC1CC2C=CC1CC2)C1CC2C=CC1CC2. The maximum absolute atomic E-state index is 12.4. The fraction of sp³-hybridized carbons (Fsp3) is 0.722. The average molecular weight is 272 g/mol. The highest BCUT2D eigenvalue weighted by Crippen LogP contribution is 2.42. The van der Waals surface area contributed by atoms with E-state index in [9.17, 15) is 4.79 Å². The molecule has 0 heterocycles. The number of allylic oxidation sites excluding steroid dienone is 4. The van der Waals surface area contributed by atoms with E-state index in [0.29, 0.717) is 30.3 Å². The van der Waals surface area contributed by atoms with Crippen molar-refractivity contribution in [2.45, 2.75) is 38.5 Å². The Morgan fingerprint density at radius 3 is 2.10 bits per heavy atom. The summed E-state index contributed by atoms with van der Waals surface area (Å²) >= 11 is 0. The maximum Gasteiger partial charge on any atom is 0.309 e. The number of carbonyl (C=O) groups excluding carboxylic acids is 1. The highest BCUT2D eigenvalue weighted by Gasteiger charge is 2.38. The van der Waals surface area contributed by atoms with Crippen LogP contribution in [0.25, 0.3) is 0 Å². The Morgan fingerprint density at radius 2 is 1.60 bits per heavy atom. The quantitative estimate of drug-likeness (QED) is 0.578. The average Bonchev–Trinajstić information content (AvgIpc) is 2.55. The highest BCUT2D eigenvalue weighted by molar-refractivity contribution is 5.73. The van der Waals surface area contributed by atoms with E-state index in [-0.39, 0.29) is 11.9 Å². The Kier molecular flexibility index (Phi) is 3.20. The lowest BCUT2D eigenvalue weighted by atomic mass is 9.69. The van der Waals surface area contributed by atoms with E-state index >= 15 is 0 Å². The first-order chi connectivity index (χ1) is 9.79.